The van der Waals surface area contributed by atoms with Crippen LogP contribution in [-0.2, 0) is 14.3 Å². The molecule has 16 heavy (non-hydrogen) atoms. The Morgan fingerprint density at radius 3 is 2.44 bits per heavy atom. The second-order valence-electron chi connectivity index (χ2n) is 4.52. The Bertz CT molecular complexity index is 287. The van der Waals surface area contributed by atoms with Crippen molar-refractivity contribution in [1.29, 1.82) is 0 Å². The van der Waals surface area contributed by atoms with Gasteiger partial charge in [0.2, 0.25) is 5.91 Å². The highest BCUT2D eigenvalue weighted by atomic mass is 16.5. The van der Waals surface area contributed by atoms with Crippen molar-refractivity contribution in [1.82, 2.24) is 5.32 Å². The van der Waals surface area contributed by atoms with Gasteiger partial charge in [0.25, 0.3) is 0 Å². The van der Waals surface area contributed by atoms with Gasteiger partial charge in [0.1, 0.15) is 6.04 Å². The Hall–Kier alpha value is -1.10. The predicted molar refractivity (Wildman–Crippen MR) is 59.6 cm³/mol. The van der Waals surface area contributed by atoms with Crippen molar-refractivity contribution in [2.24, 2.45) is 11.7 Å². The van der Waals surface area contributed by atoms with Crippen molar-refractivity contribution in [3.63, 3.8) is 0 Å². The number of hydrogen-bond donors (Lipinski definition) is 2. The zero-order valence-corrected chi connectivity index (χ0v) is 10.1. The first-order valence-corrected chi connectivity index (χ1v) is 5.62. The summed E-state index contributed by atoms with van der Waals surface area (Å²) in [4.78, 5) is 23.3. The van der Waals surface area contributed by atoms with Gasteiger partial charge in [-0.3, -0.25) is 4.79 Å². The molecule has 0 saturated heterocycles. The van der Waals surface area contributed by atoms with E-state index in [9.17, 15) is 9.59 Å². The molecule has 1 rings (SSSR count). The minimum Gasteiger partial charge on any atom is -0.467 e. The fourth-order valence-electron chi connectivity index (χ4n) is 1.44. The van der Waals surface area contributed by atoms with Crippen molar-refractivity contribution in [2.75, 3.05) is 7.11 Å². The monoisotopic (exact) mass is 228 g/mol. The maximum atomic E-state index is 11.7. The lowest BCUT2D eigenvalue weighted by atomic mass is 9.99. The molecular formula is C11H20N2O3. The normalized spacial score (nSPS) is 20.8. The molecule has 1 aliphatic carbocycles. The molecule has 2 unspecified atom stereocenters. The molecule has 5 nitrogen and oxygen atoms in total. The summed E-state index contributed by atoms with van der Waals surface area (Å²) in [6, 6.07) is -0.594. The van der Waals surface area contributed by atoms with Crippen LogP contribution in [-0.4, -0.2) is 30.6 Å². The Balaban J connectivity index is 2.63. The van der Waals surface area contributed by atoms with Crippen LogP contribution in [0.3, 0.4) is 0 Å². The number of amides is 1. The number of methoxy groups -OCH3 is 1. The molecular weight excluding hydrogens is 208 g/mol. The lowest BCUT2D eigenvalue weighted by Gasteiger charge is -2.23. The van der Waals surface area contributed by atoms with Gasteiger partial charge in [-0.25, -0.2) is 4.79 Å². The Kier molecular flexibility index (Phi) is 3.91. The molecule has 0 bridgehead atoms. The van der Waals surface area contributed by atoms with Crippen LogP contribution in [0.5, 0.6) is 0 Å². The van der Waals surface area contributed by atoms with Gasteiger partial charge in [0.15, 0.2) is 0 Å². The Labute approximate surface area is 95.7 Å². The molecule has 0 heterocycles. The summed E-state index contributed by atoms with van der Waals surface area (Å²) in [6.07, 6.45) is 2.16. The summed E-state index contributed by atoms with van der Waals surface area (Å²) in [6.45, 7) is 3.86. The largest absolute Gasteiger partial charge is 0.467 e. The van der Waals surface area contributed by atoms with Gasteiger partial charge in [-0.15, -0.1) is 0 Å². The highest BCUT2D eigenvalue weighted by Gasteiger charge is 2.47. The molecule has 92 valence electrons. The van der Waals surface area contributed by atoms with E-state index in [1.165, 1.54) is 7.11 Å². The van der Waals surface area contributed by atoms with E-state index in [1.54, 1.807) is 0 Å². The van der Waals surface area contributed by atoms with Gasteiger partial charge in [0, 0.05) is 0 Å². The van der Waals surface area contributed by atoms with E-state index in [4.69, 9.17) is 5.73 Å². The molecule has 3 N–H and O–H groups in total. The number of carbonyl (C=O) groups excluding carboxylic acids is 2. The van der Waals surface area contributed by atoms with Crippen LogP contribution in [0, 0.1) is 5.92 Å². The first-order valence-electron chi connectivity index (χ1n) is 5.62. The van der Waals surface area contributed by atoms with Crippen LogP contribution in [0.4, 0.5) is 0 Å². The summed E-state index contributed by atoms with van der Waals surface area (Å²) in [7, 11) is 1.32. The first kappa shape index (κ1) is 13.0. The van der Waals surface area contributed by atoms with E-state index in [0.29, 0.717) is 12.8 Å². The van der Waals surface area contributed by atoms with Crippen LogP contribution in [0.2, 0.25) is 0 Å². The van der Waals surface area contributed by atoms with E-state index >= 15 is 0 Å². The molecule has 0 aliphatic heterocycles. The number of hydrogen-bond acceptors (Lipinski definition) is 4. The average molecular weight is 228 g/mol. The molecule has 1 amide bonds. The number of carbonyl (C=O) groups is 2. The maximum absolute atomic E-state index is 11.7. The summed E-state index contributed by atoms with van der Waals surface area (Å²) in [5.41, 5.74) is 5.01. The number of nitrogens with one attached hydrogen (secondary N) is 1. The summed E-state index contributed by atoms with van der Waals surface area (Å²) in [5, 5.41) is 2.68. The summed E-state index contributed by atoms with van der Waals surface area (Å²) in [5.74, 6) is -0.617. The lowest BCUT2D eigenvalue weighted by molar-refractivity contribution is -0.146. The van der Waals surface area contributed by atoms with Crippen molar-refractivity contribution in [2.45, 2.75) is 44.7 Å². The highest BCUT2D eigenvalue weighted by Crippen LogP contribution is 2.32. The summed E-state index contributed by atoms with van der Waals surface area (Å²) >= 11 is 0. The van der Waals surface area contributed by atoms with Crippen LogP contribution >= 0.6 is 0 Å². The maximum Gasteiger partial charge on any atom is 0.328 e. The quantitative estimate of drug-likeness (QED) is 0.658. The van der Waals surface area contributed by atoms with Crippen LogP contribution in [0.15, 0.2) is 0 Å². The van der Waals surface area contributed by atoms with Crippen LogP contribution < -0.4 is 11.1 Å². The van der Waals surface area contributed by atoms with Gasteiger partial charge >= 0.3 is 5.97 Å². The van der Waals surface area contributed by atoms with Crippen LogP contribution in [0.1, 0.15) is 33.1 Å². The topological polar surface area (TPSA) is 81.4 Å². The number of rotatable bonds is 5. The van der Waals surface area contributed by atoms with E-state index in [0.717, 1.165) is 6.42 Å². The van der Waals surface area contributed by atoms with E-state index < -0.39 is 17.6 Å². The van der Waals surface area contributed by atoms with Gasteiger partial charge in [-0.05, 0) is 18.8 Å². The smallest absolute Gasteiger partial charge is 0.328 e. The SMILES string of the molecule is CCC(C)C(NC(=O)C1(N)CC1)C(=O)OC. The van der Waals surface area contributed by atoms with Gasteiger partial charge < -0.3 is 15.8 Å². The molecule has 1 saturated carbocycles. The van der Waals surface area contributed by atoms with E-state index in [1.807, 2.05) is 13.8 Å². The second-order valence-corrected chi connectivity index (χ2v) is 4.52. The van der Waals surface area contributed by atoms with Gasteiger partial charge in [-0.2, -0.15) is 0 Å². The molecule has 0 aromatic rings. The number of ether oxygens (including phenoxy) is 1. The van der Waals surface area contributed by atoms with Crippen molar-refractivity contribution >= 4 is 11.9 Å². The summed E-state index contributed by atoms with van der Waals surface area (Å²) < 4.78 is 4.67. The van der Waals surface area contributed by atoms with E-state index in [2.05, 4.69) is 10.1 Å². The third-order valence-corrected chi connectivity index (χ3v) is 3.20. The zero-order chi connectivity index (χ0) is 12.3. The predicted octanol–water partition coefficient (Wildman–Crippen LogP) is 0.182. The molecule has 1 fully saturated rings. The third-order valence-electron chi connectivity index (χ3n) is 3.20. The average Bonchev–Trinajstić information content (AvgIpc) is 3.03. The lowest BCUT2D eigenvalue weighted by Crippen LogP contribution is -2.52. The molecule has 0 radical (unpaired) electrons. The standard InChI is InChI=1S/C11H20N2O3/c1-4-7(2)8(9(14)16-3)13-10(15)11(12)5-6-11/h7-8H,4-6,12H2,1-3H3,(H,13,15). The molecule has 5 heteroatoms. The molecule has 2 atom stereocenters. The fraction of sp³-hybridized carbons (Fsp3) is 0.818. The van der Waals surface area contributed by atoms with Crippen molar-refractivity contribution in [3.05, 3.63) is 0 Å². The number of nitrogens with two attached hydrogens (primary N) is 1. The first-order chi connectivity index (χ1) is 7.44. The Morgan fingerprint density at radius 2 is 2.06 bits per heavy atom. The molecule has 1 aliphatic rings. The van der Waals surface area contributed by atoms with Gasteiger partial charge in [-0.1, -0.05) is 20.3 Å². The van der Waals surface area contributed by atoms with Crippen molar-refractivity contribution in [3.8, 4) is 0 Å². The van der Waals surface area contributed by atoms with E-state index in [-0.39, 0.29) is 11.8 Å². The number of esters is 1. The van der Waals surface area contributed by atoms with Gasteiger partial charge in [0.05, 0.1) is 12.6 Å². The fourth-order valence-corrected chi connectivity index (χ4v) is 1.44. The third kappa shape index (κ3) is 2.72. The minimum atomic E-state index is -0.750. The minimum absolute atomic E-state index is 0.0405. The molecule has 0 aromatic heterocycles. The van der Waals surface area contributed by atoms with Crippen LogP contribution in [0.25, 0.3) is 0 Å². The second kappa shape index (κ2) is 4.82. The molecule has 0 aromatic carbocycles. The highest BCUT2D eigenvalue weighted by molar-refractivity contribution is 5.92. The Morgan fingerprint density at radius 1 is 1.50 bits per heavy atom. The molecule has 0 spiro atoms. The van der Waals surface area contributed by atoms with Crippen molar-refractivity contribution < 1.29 is 14.3 Å². The zero-order valence-electron chi connectivity index (χ0n) is 10.1.